The predicted molar refractivity (Wildman–Crippen MR) is 76.7 cm³/mol. The summed E-state index contributed by atoms with van der Waals surface area (Å²) in [6.45, 7) is 3.45. The highest BCUT2D eigenvalue weighted by atomic mass is 79.9. The van der Waals surface area contributed by atoms with E-state index >= 15 is 0 Å². The number of halogens is 1. The monoisotopic (exact) mass is 313 g/mol. The van der Waals surface area contributed by atoms with Gasteiger partial charge in [-0.15, -0.1) is 0 Å². The van der Waals surface area contributed by atoms with E-state index in [1.165, 1.54) is 5.56 Å². The smallest absolute Gasteiger partial charge is 0.123 e. The molecule has 1 aliphatic heterocycles. The zero-order valence-corrected chi connectivity index (χ0v) is 12.4. The van der Waals surface area contributed by atoms with Gasteiger partial charge < -0.3 is 14.4 Å². The van der Waals surface area contributed by atoms with Crippen molar-refractivity contribution in [3.63, 3.8) is 0 Å². The third kappa shape index (κ3) is 3.97. The van der Waals surface area contributed by atoms with Gasteiger partial charge in [-0.25, -0.2) is 0 Å². The minimum atomic E-state index is 0.281. The van der Waals surface area contributed by atoms with Gasteiger partial charge in [-0.05, 0) is 18.7 Å². The number of hydrogen-bond acceptors (Lipinski definition) is 3. The lowest BCUT2D eigenvalue weighted by atomic mass is 10.1. The van der Waals surface area contributed by atoms with Crippen molar-refractivity contribution in [2.45, 2.75) is 12.5 Å². The van der Waals surface area contributed by atoms with Crippen molar-refractivity contribution in [3.05, 3.63) is 29.8 Å². The lowest BCUT2D eigenvalue weighted by Crippen LogP contribution is -2.34. The summed E-state index contributed by atoms with van der Waals surface area (Å²) in [4.78, 5) is 2.27. The highest BCUT2D eigenvalue weighted by molar-refractivity contribution is 9.09. The van der Waals surface area contributed by atoms with Crippen LogP contribution in [0.25, 0.3) is 0 Å². The highest BCUT2D eigenvalue weighted by Crippen LogP contribution is 2.28. The van der Waals surface area contributed by atoms with Crippen molar-refractivity contribution >= 4 is 15.9 Å². The number of nitrogens with zero attached hydrogens (tertiary/aromatic N) is 1. The standard InChI is InChI=1S/C14H20BrNO2/c1-16(7-9-17-8-6-15)11-13-10-12-4-2-3-5-14(12)18-13/h2-5,13H,6-11H2,1H3. The molecule has 18 heavy (non-hydrogen) atoms. The molecule has 0 fully saturated rings. The van der Waals surface area contributed by atoms with Crippen LogP contribution < -0.4 is 4.74 Å². The molecule has 0 saturated heterocycles. The van der Waals surface area contributed by atoms with Crippen LogP contribution >= 0.6 is 15.9 Å². The van der Waals surface area contributed by atoms with E-state index in [0.29, 0.717) is 0 Å². The minimum absolute atomic E-state index is 0.281. The molecule has 0 spiro atoms. The Hall–Kier alpha value is -0.580. The molecule has 1 atom stereocenters. The Kier molecular flexibility index (Phi) is 5.47. The van der Waals surface area contributed by atoms with E-state index in [4.69, 9.17) is 9.47 Å². The Morgan fingerprint density at radius 2 is 2.22 bits per heavy atom. The van der Waals surface area contributed by atoms with Crippen LogP contribution in [-0.4, -0.2) is 49.7 Å². The van der Waals surface area contributed by atoms with Gasteiger partial charge in [0.1, 0.15) is 11.9 Å². The van der Waals surface area contributed by atoms with Crippen molar-refractivity contribution < 1.29 is 9.47 Å². The molecule has 100 valence electrons. The third-order valence-corrected chi connectivity index (χ3v) is 3.39. The van der Waals surface area contributed by atoms with Crippen molar-refractivity contribution in [2.24, 2.45) is 0 Å². The number of ether oxygens (including phenoxy) is 2. The molecule has 1 unspecified atom stereocenters. The Labute approximate surface area is 117 Å². The molecule has 0 bridgehead atoms. The second-order valence-electron chi connectivity index (χ2n) is 4.62. The molecule has 1 aromatic carbocycles. The van der Waals surface area contributed by atoms with Crippen LogP contribution in [0.1, 0.15) is 5.56 Å². The number of hydrogen-bond donors (Lipinski definition) is 0. The molecule has 0 aliphatic carbocycles. The van der Waals surface area contributed by atoms with Crippen molar-refractivity contribution in [3.8, 4) is 5.75 Å². The fourth-order valence-corrected chi connectivity index (χ4v) is 2.40. The molecule has 1 aromatic rings. The molecule has 4 heteroatoms. The van der Waals surface area contributed by atoms with Gasteiger partial charge in [0.15, 0.2) is 0 Å². The Balaban J connectivity index is 1.69. The maximum atomic E-state index is 5.92. The summed E-state index contributed by atoms with van der Waals surface area (Å²) in [5, 5.41) is 0.901. The summed E-state index contributed by atoms with van der Waals surface area (Å²) >= 11 is 3.35. The summed E-state index contributed by atoms with van der Waals surface area (Å²) in [6.07, 6.45) is 1.30. The number of rotatable bonds is 7. The zero-order valence-electron chi connectivity index (χ0n) is 10.8. The van der Waals surface area contributed by atoms with E-state index < -0.39 is 0 Å². The van der Waals surface area contributed by atoms with Gasteiger partial charge in [0.25, 0.3) is 0 Å². The Bertz CT molecular complexity index is 348. The molecule has 0 radical (unpaired) electrons. The largest absolute Gasteiger partial charge is 0.488 e. The van der Waals surface area contributed by atoms with E-state index in [1.807, 2.05) is 6.07 Å². The minimum Gasteiger partial charge on any atom is -0.488 e. The highest BCUT2D eigenvalue weighted by Gasteiger charge is 2.23. The van der Waals surface area contributed by atoms with Gasteiger partial charge in [-0.2, -0.15) is 0 Å². The van der Waals surface area contributed by atoms with Crippen molar-refractivity contribution in [1.82, 2.24) is 4.90 Å². The van der Waals surface area contributed by atoms with Crippen LogP contribution in [0.15, 0.2) is 24.3 Å². The van der Waals surface area contributed by atoms with Crippen LogP contribution in [0.3, 0.4) is 0 Å². The maximum Gasteiger partial charge on any atom is 0.123 e. The normalized spacial score (nSPS) is 17.8. The fourth-order valence-electron chi connectivity index (χ4n) is 2.17. The second-order valence-corrected chi connectivity index (χ2v) is 5.41. The maximum absolute atomic E-state index is 5.92. The predicted octanol–water partition coefficient (Wildman–Crippen LogP) is 2.33. The summed E-state index contributed by atoms with van der Waals surface area (Å²) in [5.74, 6) is 1.05. The Morgan fingerprint density at radius 3 is 3.00 bits per heavy atom. The first-order valence-electron chi connectivity index (χ1n) is 6.36. The van der Waals surface area contributed by atoms with E-state index in [0.717, 1.165) is 43.8 Å². The van der Waals surface area contributed by atoms with Crippen LogP contribution in [0.5, 0.6) is 5.75 Å². The van der Waals surface area contributed by atoms with Crippen LogP contribution in [-0.2, 0) is 11.2 Å². The van der Waals surface area contributed by atoms with Gasteiger partial charge in [0, 0.05) is 24.8 Å². The zero-order chi connectivity index (χ0) is 12.8. The van der Waals surface area contributed by atoms with Gasteiger partial charge in [0.2, 0.25) is 0 Å². The number of likely N-dealkylation sites (N-methyl/N-ethyl adjacent to an activating group) is 1. The number of alkyl halides is 1. The second kappa shape index (κ2) is 7.12. The van der Waals surface area contributed by atoms with Crippen molar-refractivity contribution in [1.29, 1.82) is 0 Å². The van der Waals surface area contributed by atoms with E-state index in [-0.39, 0.29) is 6.10 Å². The molecule has 0 saturated carbocycles. The topological polar surface area (TPSA) is 21.7 Å². The average Bonchev–Trinajstić information content (AvgIpc) is 2.76. The molecule has 1 aliphatic rings. The molecule has 0 N–H and O–H groups in total. The molecular weight excluding hydrogens is 294 g/mol. The first kappa shape index (κ1) is 13.8. The fraction of sp³-hybridized carbons (Fsp3) is 0.571. The molecule has 3 nitrogen and oxygen atoms in total. The lowest BCUT2D eigenvalue weighted by Gasteiger charge is -2.20. The molecule has 2 rings (SSSR count). The first-order chi connectivity index (χ1) is 8.79. The number of benzene rings is 1. The van der Waals surface area contributed by atoms with E-state index in [2.05, 4.69) is 46.1 Å². The van der Waals surface area contributed by atoms with Crippen molar-refractivity contribution in [2.75, 3.05) is 38.7 Å². The third-order valence-electron chi connectivity index (χ3n) is 3.07. The number of fused-ring (bicyclic) bond motifs is 1. The van der Waals surface area contributed by atoms with Gasteiger partial charge in [0.05, 0.1) is 13.2 Å². The molecular formula is C14H20BrNO2. The molecule has 0 amide bonds. The Morgan fingerprint density at radius 1 is 1.39 bits per heavy atom. The average molecular weight is 314 g/mol. The van der Waals surface area contributed by atoms with Crippen LogP contribution in [0.2, 0.25) is 0 Å². The van der Waals surface area contributed by atoms with E-state index in [9.17, 15) is 0 Å². The lowest BCUT2D eigenvalue weighted by molar-refractivity contribution is 0.105. The summed E-state index contributed by atoms with van der Waals surface area (Å²) < 4.78 is 11.4. The van der Waals surface area contributed by atoms with Gasteiger partial charge in [-0.1, -0.05) is 34.1 Å². The SMILES string of the molecule is CN(CCOCCBr)CC1Cc2ccccc2O1. The summed E-state index contributed by atoms with van der Waals surface area (Å²) in [7, 11) is 2.11. The van der Waals surface area contributed by atoms with Gasteiger partial charge >= 0.3 is 0 Å². The molecule has 0 aromatic heterocycles. The summed E-state index contributed by atoms with van der Waals surface area (Å²) in [5.41, 5.74) is 1.33. The van der Waals surface area contributed by atoms with E-state index in [1.54, 1.807) is 0 Å². The quantitative estimate of drug-likeness (QED) is 0.569. The number of para-hydroxylation sites is 1. The van der Waals surface area contributed by atoms with Crippen LogP contribution in [0, 0.1) is 0 Å². The first-order valence-corrected chi connectivity index (χ1v) is 7.48. The van der Waals surface area contributed by atoms with Crippen LogP contribution in [0.4, 0.5) is 0 Å². The summed E-state index contributed by atoms with van der Waals surface area (Å²) in [6, 6.07) is 8.30. The molecule has 1 heterocycles. The van der Waals surface area contributed by atoms with Gasteiger partial charge in [-0.3, -0.25) is 0 Å².